The molecule has 1 atom stereocenters. The van der Waals surface area contributed by atoms with Crippen LogP contribution in [0.4, 0.5) is 8.78 Å². The van der Waals surface area contributed by atoms with Crippen molar-refractivity contribution in [1.82, 2.24) is 14.1 Å². The highest BCUT2D eigenvalue weighted by molar-refractivity contribution is 7.97. The number of aliphatic hydroxyl groups excluding tert-OH is 1. The Labute approximate surface area is 178 Å². The van der Waals surface area contributed by atoms with Crippen LogP contribution in [0.3, 0.4) is 0 Å². The third kappa shape index (κ3) is 3.47. The van der Waals surface area contributed by atoms with Crippen molar-refractivity contribution in [3.05, 3.63) is 83.2 Å². The topological polar surface area (TPSA) is 41.3 Å². The number of aromatic nitrogens is 2. The smallest absolute Gasteiger partial charge is 0.123 e. The first-order chi connectivity index (χ1) is 14.6. The Morgan fingerprint density at radius 1 is 1.03 bits per heavy atom. The first-order valence-electron chi connectivity index (χ1n) is 9.90. The minimum Gasteiger partial charge on any atom is -0.395 e. The molecule has 0 amide bonds. The summed E-state index contributed by atoms with van der Waals surface area (Å²) in [6.45, 7) is 1.61. The van der Waals surface area contributed by atoms with E-state index in [0.717, 1.165) is 34.8 Å². The Kier molecular flexibility index (Phi) is 4.97. The van der Waals surface area contributed by atoms with Crippen molar-refractivity contribution < 1.29 is 13.9 Å². The number of rotatable bonds is 4. The largest absolute Gasteiger partial charge is 0.395 e. The molecule has 0 radical (unpaired) electrons. The predicted octanol–water partition coefficient (Wildman–Crippen LogP) is 4.48. The van der Waals surface area contributed by atoms with Crippen molar-refractivity contribution in [1.29, 1.82) is 0 Å². The molecular weight excluding hydrogens is 404 g/mol. The van der Waals surface area contributed by atoms with Gasteiger partial charge in [-0.1, -0.05) is 5.57 Å². The van der Waals surface area contributed by atoms with E-state index in [4.69, 9.17) is 0 Å². The minimum absolute atomic E-state index is 0.0560. The van der Waals surface area contributed by atoms with Gasteiger partial charge in [0.2, 0.25) is 0 Å². The second-order valence-electron chi connectivity index (χ2n) is 7.89. The van der Waals surface area contributed by atoms with Crippen LogP contribution in [0, 0.1) is 17.0 Å². The number of benzene rings is 2. The van der Waals surface area contributed by atoms with E-state index in [1.807, 2.05) is 10.9 Å². The molecule has 1 unspecified atom stereocenters. The standard InChI is InChI=1S/C23H21F2N3OS/c24-18-1-5-20(6-2-18)28-22-11-17-9-10-27(30-21-7-3-19(25)4-8-21)14-23(17,15-29)12-16(22)13-26-28/h1-8,11,13,29H,9-10,12,14-15H2. The molecule has 5 rings (SSSR count). The molecule has 3 aromatic rings. The molecule has 2 aliphatic rings. The van der Waals surface area contributed by atoms with Gasteiger partial charge in [-0.3, -0.25) is 0 Å². The molecule has 154 valence electrons. The summed E-state index contributed by atoms with van der Waals surface area (Å²) >= 11 is 1.60. The van der Waals surface area contributed by atoms with Gasteiger partial charge in [0.25, 0.3) is 0 Å². The molecule has 4 nitrogen and oxygen atoms in total. The number of piperidine rings is 1. The molecule has 1 N–H and O–H groups in total. The second kappa shape index (κ2) is 7.65. The Morgan fingerprint density at radius 3 is 2.43 bits per heavy atom. The first-order valence-corrected chi connectivity index (χ1v) is 10.7. The number of nitrogens with zero attached hydrogens (tertiary/aromatic N) is 3. The summed E-state index contributed by atoms with van der Waals surface area (Å²) in [6, 6.07) is 12.8. The molecule has 2 heterocycles. The average molecular weight is 426 g/mol. The van der Waals surface area contributed by atoms with E-state index < -0.39 is 0 Å². The van der Waals surface area contributed by atoms with Crippen LogP contribution < -0.4 is 0 Å². The van der Waals surface area contributed by atoms with Gasteiger partial charge in [0, 0.05) is 23.4 Å². The van der Waals surface area contributed by atoms with E-state index >= 15 is 0 Å². The van der Waals surface area contributed by atoms with E-state index in [1.165, 1.54) is 29.8 Å². The highest BCUT2D eigenvalue weighted by Crippen LogP contribution is 2.45. The van der Waals surface area contributed by atoms with Gasteiger partial charge in [0.15, 0.2) is 0 Å². The lowest BCUT2D eigenvalue weighted by Gasteiger charge is -2.45. The number of fused-ring (bicyclic) bond motifs is 2. The van der Waals surface area contributed by atoms with Gasteiger partial charge >= 0.3 is 0 Å². The van der Waals surface area contributed by atoms with E-state index in [9.17, 15) is 13.9 Å². The zero-order chi connectivity index (χ0) is 20.7. The summed E-state index contributed by atoms with van der Waals surface area (Å²) in [7, 11) is 0. The van der Waals surface area contributed by atoms with Crippen LogP contribution in [0.1, 0.15) is 17.7 Å². The maximum atomic E-state index is 13.3. The molecule has 0 saturated carbocycles. The molecular formula is C23H21F2N3OS. The van der Waals surface area contributed by atoms with E-state index in [-0.39, 0.29) is 23.7 Å². The highest BCUT2D eigenvalue weighted by Gasteiger charge is 2.43. The fourth-order valence-corrected chi connectivity index (χ4v) is 5.40. The first kappa shape index (κ1) is 19.5. The van der Waals surface area contributed by atoms with Crippen LogP contribution in [0.15, 0.2) is 65.2 Å². The predicted molar refractivity (Wildman–Crippen MR) is 113 cm³/mol. The monoisotopic (exact) mass is 425 g/mol. The van der Waals surface area contributed by atoms with Gasteiger partial charge in [0.1, 0.15) is 11.6 Å². The SMILES string of the molecule is OCC12Cc3cnn(-c4ccc(F)cc4)c3C=C1CCN(Sc1ccc(F)cc1)C2. The van der Waals surface area contributed by atoms with E-state index in [2.05, 4.69) is 15.5 Å². The van der Waals surface area contributed by atoms with Gasteiger partial charge < -0.3 is 5.11 Å². The quantitative estimate of drug-likeness (QED) is 0.626. The summed E-state index contributed by atoms with van der Waals surface area (Å²) in [4.78, 5) is 0.984. The maximum absolute atomic E-state index is 13.3. The van der Waals surface area contributed by atoms with Crippen molar-refractivity contribution in [2.24, 2.45) is 5.41 Å². The summed E-state index contributed by atoms with van der Waals surface area (Å²) in [5.41, 5.74) is 3.76. The third-order valence-corrected chi connectivity index (χ3v) is 6.99. The van der Waals surface area contributed by atoms with Crippen LogP contribution in [-0.2, 0) is 6.42 Å². The Balaban J connectivity index is 1.42. The summed E-state index contributed by atoms with van der Waals surface area (Å²) < 4.78 is 30.6. The van der Waals surface area contributed by atoms with Crippen molar-refractivity contribution in [3.63, 3.8) is 0 Å². The Morgan fingerprint density at radius 2 is 1.73 bits per heavy atom. The van der Waals surface area contributed by atoms with Crippen molar-refractivity contribution in [2.45, 2.75) is 17.7 Å². The minimum atomic E-state index is -0.352. The van der Waals surface area contributed by atoms with Crippen LogP contribution in [0.2, 0.25) is 0 Å². The Hall–Kier alpha value is -2.48. The van der Waals surface area contributed by atoms with Gasteiger partial charge in [0.05, 0.1) is 24.2 Å². The number of hydrogen-bond acceptors (Lipinski definition) is 4. The Bertz CT molecular complexity index is 1090. The molecule has 1 aliphatic carbocycles. The molecule has 1 aliphatic heterocycles. The van der Waals surface area contributed by atoms with E-state index in [1.54, 1.807) is 36.2 Å². The molecule has 1 fully saturated rings. The normalized spacial score (nSPS) is 21.1. The lowest BCUT2D eigenvalue weighted by molar-refractivity contribution is 0.115. The lowest BCUT2D eigenvalue weighted by Crippen LogP contribution is -2.46. The van der Waals surface area contributed by atoms with Crippen LogP contribution in [-0.4, -0.2) is 38.9 Å². The molecule has 0 spiro atoms. The summed E-state index contributed by atoms with van der Waals surface area (Å²) in [6.07, 6.45) is 5.52. The molecule has 1 saturated heterocycles. The van der Waals surface area contributed by atoms with Crippen LogP contribution in [0.25, 0.3) is 11.8 Å². The lowest BCUT2D eigenvalue weighted by atomic mass is 9.69. The van der Waals surface area contributed by atoms with Crippen LogP contribution in [0.5, 0.6) is 0 Å². The fraction of sp³-hybridized carbons (Fsp3) is 0.261. The zero-order valence-electron chi connectivity index (χ0n) is 16.3. The van der Waals surface area contributed by atoms with E-state index in [0.29, 0.717) is 13.0 Å². The highest BCUT2D eigenvalue weighted by atomic mass is 32.2. The van der Waals surface area contributed by atoms with Gasteiger partial charge in [-0.25, -0.2) is 17.8 Å². The third-order valence-electron chi connectivity index (χ3n) is 5.94. The molecule has 7 heteroatoms. The van der Waals surface area contributed by atoms with Crippen LogP contribution >= 0.6 is 11.9 Å². The molecule has 2 aromatic carbocycles. The van der Waals surface area contributed by atoms with Crippen molar-refractivity contribution in [2.75, 3.05) is 19.7 Å². The number of hydrogen-bond donors (Lipinski definition) is 1. The fourth-order valence-electron chi connectivity index (χ4n) is 4.35. The molecule has 1 aromatic heterocycles. The van der Waals surface area contributed by atoms with Gasteiger partial charge in [-0.2, -0.15) is 5.10 Å². The van der Waals surface area contributed by atoms with Crippen molar-refractivity contribution >= 4 is 18.0 Å². The number of aliphatic hydroxyl groups is 1. The zero-order valence-corrected chi connectivity index (χ0v) is 17.1. The second-order valence-corrected chi connectivity index (χ2v) is 9.06. The molecule has 30 heavy (non-hydrogen) atoms. The van der Waals surface area contributed by atoms with Gasteiger partial charge in [-0.15, -0.1) is 0 Å². The van der Waals surface area contributed by atoms with Gasteiger partial charge in [-0.05, 0) is 85.0 Å². The molecule has 0 bridgehead atoms. The average Bonchev–Trinajstić information content (AvgIpc) is 3.16. The van der Waals surface area contributed by atoms with Crippen molar-refractivity contribution in [3.8, 4) is 5.69 Å². The summed E-state index contributed by atoms with van der Waals surface area (Å²) in [5.74, 6) is -0.517. The maximum Gasteiger partial charge on any atom is 0.123 e. The number of halogens is 2. The summed E-state index contributed by atoms with van der Waals surface area (Å²) in [5, 5.41) is 14.9.